The molecular weight excluding hydrogens is 322 g/mol. The van der Waals surface area contributed by atoms with Gasteiger partial charge in [0.25, 0.3) is 0 Å². The highest BCUT2D eigenvalue weighted by Gasteiger charge is 2.23. The summed E-state index contributed by atoms with van der Waals surface area (Å²) in [6.45, 7) is 9.73. The number of amides is 2. The van der Waals surface area contributed by atoms with Crippen LogP contribution in [0.2, 0.25) is 0 Å². The Morgan fingerprint density at radius 3 is 2.15 bits per heavy atom. The van der Waals surface area contributed by atoms with E-state index in [0.29, 0.717) is 5.92 Å². The zero-order valence-corrected chi connectivity index (χ0v) is 16.0. The number of hydrogen-bond acceptors (Lipinski definition) is 2. The van der Waals surface area contributed by atoms with E-state index in [2.05, 4.69) is 48.3 Å². The van der Waals surface area contributed by atoms with Gasteiger partial charge in [-0.25, -0.2) is 4.79 Å². The van der Waals surface area contributed by atoms with E-state index < -0.39 is 0 Å². The maximum Gasteiger partial charge on any atom is 0.317 e. The minimum atomic E-state index is 0.0170. The fourth-order valence-electron chi connectivity index (χ4n) is 3.52. The van der Waals surface area contributed by atoms with E-state index >= 15 is 0 Å². The summed E-state index contributed by atoms with van der Waals surface area (Å²) < 4.78 is 0. The van der Waals surface area contributed by atoms with E-state index in [1.165, 1.54) is 11.3 Å². The van der Waals surface area contributed by atoms with Gasteiger partial charge in [-0.05, 0) is 30.0 Å². The van der Waals surface area contributed by atoms with Crippen LogP contribution in [0.15, 0.2) is 54.6 Å². The molecule has 2 aromatic carbocycles. The van der Waals surface area contributed by atoms with Gasteiger partial charge in [0, 0.05) is 31.9 Å². The minimum Gasteiger partial charge on any atom is -0.368 e. The van der Waals surface area contributed by atoms with Crippen molar-refractivity contribution < 1.29 is 4.79 Å². The lowest BCUT2D eigenvalue weighted by Gasteiger charge is -2.37. The fourth-order valence-corrected chi connectivity index (χ4v) is 3.52. The molecule has 138 valence electrons. The van der Waals surface area contributed by atoms with Gasteiger partial charge < -0.3 is 15.1 Å². The van der Waals surface area contributed by atoms with Crippen molar-refractivity contribution in [3.8, 4) is 0 Å². The Hall–Kier alpha value is -2.49. The number of hydrogen-bond donors (Lipinski definition) is 1. The van der Waals surface area contributed by atoms with Gasteiger partial charge in [0.05, 0.1) is 6.04 Å². The van der Waals surface area contributed by atoms with Crippen molar-refractivity contribution in [1.82, 2.24) is 10.2 Å². The molecule has 1 fully saturated rings. The minimum absolute atomic E-state index is 0.0170. The van der Waals surface area contributed by atoms with Crippen molar-refractivity contribution in [2.75, 3.05) is 31.1 Å². The number of rotatable bonds is 4. The summed E-state index contributed by atoms with van der Waals surface area (Å²) in [7, 11) is 0. The Bertz CT molecular complexity index is 721. The first-order valence-electron chi connectivity index (χ1n) is 9.50. The molecule has 0 saturated carbocycles. The van der Waals surface area contributed by atoms with Crippen LogP contribution in [0.5, 0.6) is 0 Å². The number of carbonyl (C=O) groups excluding carboxylic acids is 1. The average molecular weight is 351 g/mol. The van der Waals surface area contributed by atoms with Crippen LogP contribution < -0.4 is 10.2 Å². The average Bonchev–Trinajstić information content (AvgIpc) is 2.68. The number of para-hydroxylation sites is 1. The third-order valence-corrected chi connectivity index (χ3v) is 5.11. The van der Waals surface area contributed by atoms with Crippen LogP contribution >= 0.6 is 0 Å². The van der Waals surface area contributed by atoms with E-state index in [-0.39, 0.29) is 12.1 Å². The second-order valence-corrected chi connectivity index (χ2v) is 7.27. The molecule has 1 saturated heterocycles. The van der Waals surface area contributed by atoms with Crippen molar-refractivity contribution >= 4 is 11.7 Å². The standard InChI is InChI=1S/C22H29N3O/c1-17(2)20-11-7-8-12-21(20)24-13-15-25(16-14-24)22(26)23-18(3)19-9-5-4-6-10-19/h4-12,17-18H,13-16H2,1-3H3,(H,23,26). The number of benzene rings is 2. The van der Waals surface area contributed by atoms with Gasteiger partial charge >= 0.3 is 6.03 Å². The molecule has 2 aromatic rings. The van der Waals surface area contributed by atoms with Gasteiger partial charge in [-0.3, -0.25) is 0 Å². The summed E-state index contributed by atoms with van der Waals surface area (Å²) in [4.78, 5) is 16.9. The predicted octanol–water partition coefficient (Wildman–Crippen LogP) is 4.40. The largest absolute Gasteiger partial charge is 0.368 e. The lowest BCUT2D eigenvalue weighted by Crippen LogP contribution is -2.52. The van der Waals surface area contributed by atoms with Crippen molar-refractivity contribution in [1.29, 1.82) is 0 Å². The van der Waals surface area contributed by atoms with Gasteiger partial charge in [-0.2, -0.15) is 0 Å². The van der Waals surface area contributed by atoms with Gasteiger partial charge in [0.2, 0.25) is 0 Å². The zero-order valence-electron chi connectivity index (χ0n) is 16.0. The number of nitrogens with zero attached hydrogens (tertiary/aromatic N) is 2. The van der Waals surface area contributed by atoms with Crippen molar-refractivity contribution in [2.24, 2.45) is 0 Å². The number of carbonyl (C=O) groups is 1. The van der Waals surface area contributed by atoms with Gasteiger partial charge in [-0.15, -0.1) is 0 Å². The second kappa shape index (κ2) is 8.26. The van der Waals surface area contributed by atoms with Gasteiger partial charge in [0.1, 0.15) is 0 Å². The molecule has 2 amide bonds. The predicted molar refractivity (Wildman–Crippen MR) is 108 cm³/mol. The Labute approximate surface area is 156 Å². The van der Waals surface area contributed by atoms with Crippen LogP contribution in [0.3, 0.4) is 0 Å². The molecule has 0 aliphatic carbocycles. The molecule has 0 spiro atoms. The number of nitrogens with one attached hydrogen (secondary N) is 1. The lowest BCUT2D eigenvalue weighted by atomic mass is 10.00. The van der Waals surface area contributed by atoms with Crippen molar-refractivity contribution in [2.45, 2.75) is 32.7 Å². The normalized spacial score (nSPS) is 15.8. The lowest BCUT2D eigenvalue weighted by molar-refractivity contribution is 0.191. The van der Waals surface area contributed by atoms with Gasteiger partial charge in [-0.1, -0.05) is 62.4 Å². The Kier molecular flexibility index (Phi) is 5.82. The second-order valence-electron chi connectivity index (χ2n) is 7.27. The van der Waals surface area contributed by atoms with E-state index in [1.54, 1.807) is 0 Å². The number of piperazine rings is 1. The molecule has 4 heteroatoms. The summed E-state index contributed by atoms with van der Waals surface area (Å²) in [6, 6.07) is 18.7. The van der Waals surface area contributed by atoms with E-state index in [0.717, 1.165) is 31.7 Å². The van der Waals surface area contributed by atoms with Crippen LogP contribution in [0.4, 0.5) is 10.5 Å². The summed E-state index contributed by atoms with van der Waals surface area (Å²) in [5.41, 5.74) is 3.81. The maximum atomic E-state index is 12.6. The number of anilines is 1. The molecule has 1 aliphatic rings. The molecule has 26 heavy (non-hydrogen) atoms. The fraction of sp³-hybridized carbons (Fsp3) is 0.409. The van der Waals surface area contributed by atoms with Crippen LogP contribution in [0, 0.1) is 0 Å². The Balaban J connectivity index is 1.58. The first-order valence-corrected chi connectivity index (χ1v) is 9.50. The molecular formula is C22H29N3O. The maximum absolute atomic E-state index is 12.6. The molecule has 0 bridgehead atoms. The molecule has 4 nitrogen and oxygen atoms in total. The topological polar surface area (TPSA) is 35.6 Å². The summed E-state index contributed by atoms with van der Waals surface area (Å²) in [6.07, 6.45) is 0. The van der Waals surface area contributed by atoms with Crippen LogP contribution in [0.25, 0.3) is 0 Å². The van der Waals surface area contributed by atoms with Crippen LogP contribution in [-0.2, 0) is 0 Å². The third-order valence-electron chi connectivity index (χ3n) is 5.11. The smallest absolute Gasteiger partial charge is 0.317 e. The molecule has 0 aromatic heterocycles. The van der Waals surface area contributed by atoms with E-state index in [4.69, 9.17) is 0 Å². The SMILES string of the molecule is CC(C)c1ccccc1N1CCN(C(=O)NC(C)c2ccccc2)CC1. The summed E-state index contributed by atoms with van der Waals surface area (Å²) in [5.74, 6) is 0.499. The molecule has 1 atom stereocenters. The summed E-state index contributed by atoms with van der Waals surface area (Å²) >= 11 is 0. The first kappa shape index (κ1) is 18.3. The quantitative estimate of drug-likeness (QED) is 0.886. The highest BCUT2D eigenvalue weighted by Crippen LogP contribution is 2.28. The monoisotopic (exact) mass is 351 g/mol. The van der Waals surface area contributed by atoms with Crippen LogP contribution in [0.1, 0.15) is 43.9 Å². The zero-order chi connectivity index (χ0) is 18.5. The highest BCUT2D eigenvalue weighted by atomic mass is 16.2. The molecule has 1 aliphatic heterocycles. The summed E-state index contributed by atoms with van der Waals surface area (Å²) in [5, 5.41) is 3.12. The van der Waals surface area contributed by atoms with Crippen LogP contribution in [-0.4, -0.2) is 37.1 Å². The Morgan fingerprint density at radius 1 is 0.885 bits per heavy atom. The number of urea groups is 1. The molecule has 0 radical (unpaired) electrons. The molecule has 1 N–H and O–H groups in total. The van der Waals surface area contributed by atoms with E-state index in [9.17, 15) is 4.79 Å². The molecule has 1 unspecified atom stereocenters. The van der Waals surface area contributed by atoms with Crippen molar-refractivity contribution in [3.05, 3.63) is 65.7 Å². The molecule has 1 heterocycles. The third kappa shape index (κ3) is 4.18. The molecule has 3 rings (SSSR count). The van der Waals surface area contributed by atoms with Gasteiger partial charge in [0.15, 0.2) is 0 Å². The van der Waals surface area contributed by atoms with Crippen molar-refractivity contribution in [3.63, 3.8) is 0 Å². The first-order chi connectivity index (χ1) is 12.6. The van der Waals surface area contributed by atoms with E-state index in [1.807, 2.05) is 42.2 Å². The Morgan fingerprint density at radius 2 is 1.50 bits per heavy atom. The highest BCUT2D eigenvalue weighted by molar-refractivity contribution is 5.75.